The highest BCUT2D eigenvalue weighted by Gasteiger charge is 2.14. The van der Waals surface area contributed by atoms with Crippen molar-refractivity contribution in [3.05, 3.63) is 54.6 Å². The van der Waals surface area contributed by atoms with Gasteiger partial charge in [0.2, 0.25) is 0 Å². The number of imidazole rings is 1. The lowest BCUT2D eigenvalue weighted by molar-refractivity contribution is 0.862. The Bertz CT molecular complexity index is 1190. The van der Waals surface area contributed by atoms with Crippen LogP contribution in [0.1, 0.15) is 5.82 Å². The van der Waals surface area contributed by atoms with Gasteiger partial charge in [0.15, 0.2) is 0 Å². The van der Waals surface area contributed by atoms with Crippen molar-refractivity contribution >= 4 is 21.8 Å². The number of aryl methyl sites for hydroxylation is 1. The fraction of sp³-hybridized carbons (Fsp3) is 0.105. The molecule has 5 rings (SSSR count). The summed E-state index contributed by atoms with van der Waals surface area (Å²) < 4.78 is 2.04. The molecule has 0 aliphatic rings. The number of rotatable bonds is 2. The lowest BCUT2D eigenvalue weighted by Crippen LogP contribution is -1.95. The van der Waals surface area contributed by atoms with Crippen molar-refractivity contribution in [2.24, 2.45) is 7.05 Å². The van der Waals surface area contributed by atoms with Gasteiger partial charge in [-0.3, -0.25) is 10.1 Å². The van der Waals surface area contributed by atoms with E-state index in [1.807, 2.05) is 43.1 Å². The van der Waals surface area contributed by atoms with Crippen LogP contribution in [-0.2, 0) is 7.05 Å². The van der Waals surface area contributed by atoms with Crippen LogP contribution < -0.4 is 0 Å². The third-order valence-electron chi connectivity index (χ3n) is 4.72. The molecule has 5 aromatic rings. The van der Waals surface area contributed by atoms with E-state index < -0.39 is 0 Å². The molecule has 4 aromatic heterocycles. The van der Waals surface area contributed by atoms with Gasteiger partial charge < -0.3 is 9.55 Å². The normalized spacial score (nSPS) is 11.6. The Morgan fingerprint density at radius 1 is 1.00 bits per heavy atom. The molecule has 0 aliphatic heterocycles. The number of hydrogen-bond acceptors (Lipinski definition) is 3. The summed E-state index contributed by atoms with van der Waals surface area (Å²) in [6.45, 7) is 1.98. The first kappa shape index (κ1) is 14.0. The van der Waals surface area contributed by atoms with Crippen LogP contribution in [0, 0.1) is 6.92 Å². The van der Waals surface area contributed by atoms with Gasteiger partial charge in [0.1, 0.15) is 11.5 Å². The zero-order valence-electron chi connectivity index (χ0n) is 13.9. The third kappa shape index (κ3) is 2.07. The van der Waals surface area contributed by atoms with Gasteiger partial charge in [-0.05, 0) is 25.1 Å². The van der Waals surface area contributed by atoms with E-state index in [9.17, 15) is 0 Å². The predicted octanol–water partition coefficient (Wildman–Crippen LogP) is 3.82. The van der Waals surface area contributed by atoms with Crippen molar-refractivity contribution in [3.63, 3.8) is 0 Å². The topological polar surface area (TPSA) is 75.2 Å². The molecule has 0 spiro atoms. The highest BCUT2D eigenvalue weighted by Crippen LogP contribution is 2.30. The molecule has 0 radical (unpaired) electrons. The quantitative estimate of drug-likeness (QED) is 0.517. The summed E-state index contributed by atoms with van der Waals surface area (Å²) in [7, 11) is 2.00. The lowest BCUT2D eigenvalue weighted by atomic mass is 10.1. The van der Waals surface area contributed by atoms with Crippen molar-refractivity contribution in [3.8, 4) is 22.8 Å². The Kier molecular flexibility index (Phi) is 2.82. The van der Waals surface area contributed by atoms with Crippen molar-refractivity contribution < 1.29 is 0 Å². The van der Waals surface area contributed by atoms with Crippen LogP contribution in [-0.4, -0.2) is 29.7 Å². The Morgan fingerprint density at radius 2 is 1.88 bits per heavy atom. The van der Waals surface area contributed by atoms with Gasteiger partial charge in [-0.15, -0.1) is 0 Å². The molecule has 4 heterocycles. The molecular weight excluding hydrogens is 312 g/mol. The molecular formula is C19H16N6. The number of aromatic amines is 2. The monoisotopic (exact) mass is 328 g/mol. The molecule has 0 fully saturated rings. The Balaban J connectivity index is 1.71. The summed E-state index contributed by atoms with van der Waals surface area (Å²) in [6, 6.07) is 12.4. The molecule has 0 unspecified atom stereocenters. The standard InChI is InChI=1S/C19H16N6/c1-11-20-10-18(25(11)2)15-8-13-17(9-21-15)23-24-19(13)16-7-12-5-3-4-6-14(12)22-16/h3-10,22H,1-2H3,(H,23,24). The minimum absolute atomic E-state index is 0.884. The average molecular weight is 328 g/mol. The van der Waals surface area contributed by atoms with E-state index in [1.165, 1.54) is 5.39 Å². The van der Waals surface area contributed by atoms with Crippen LogP contribution in [0.3, 0.4) is 0 Å². The van der Waals surface area contributed by atoms with Crippen LogP contribution >= 0.6 is 0 Å². The van der Waals surface area contributed by atoms with Crippen molar-refractivity contribution in [2.45, 2.75) is 6.92 Å². The predicted molar refractivity (Wildman–Crippen MR) is 98.1 cm³/mol. The van der Waals surface area contributed by atoms with E-state index in [1.54, 1.807) is 0 Å². The van der Waals surface area contributed by atoms with Crippen LogP contribution in [0.2, 0.25) is 0 Å². The number of fused-ring (bicyclic) bond motifs is 2. The Hall–Kier alpha value is -3.41. The van der Waals surface area contributed by atoms with Gasteiger partial charge in [-0.2, -0.15) is 5.10 Å². The number of para-hydroxylation sites is 1. The molecule has 0 bridgehead atoms. The number of aromatic nitrogens is 6. The average Bonchev–Trinajstić information content (AvgIpc) is 3.31. The maximum atomic E-state index is 4.56. The van der Waals surface area contributed by atoms with E-state index in [0.29, 0.717) is 0 Å². The second kappa shape index (κ2) is 5.04. The summed E-state index contributed by atoms with van der Waals surface area (Å²) in [5.74, 6) is 0.958. The van der Waals surface area contributed by atoms with Crippen LogP contribution in [0.25, 0.3) is 44.6 Å². The molecule has 0 saturated carbocycles. The van der Waals surface area contributed by atoms with E-state index in [2.05, 4.69) is 49.4 Å². The number of pyridine rings is 1. The number of benzene rings is 1. The number of nitrogens with one attached hydrogen (secondary N) is 2. The Labute approximate surface area is 143 Å². The molecule has 122 valence electrons. The van der Waals surface area contributed by atoms with Gasteiger partial charge in [0, 0.05) is 23.3 Å². The second-order valence-electron chi connectivity index (χ2n) is 6.21. The van der Waals surface area contributed by atoms with Gasteiger partial charge in [0.25, 0.3) is 0 Å². The SMILES string of the molecule is Cc1ncc(-c2cc3c(-c4cc5ccccc5[nH]4)n[nH]c3cn2)n1C. The summed E-state index contributed by atoms with van der Waals surface area (Å²) >= 11 is 0. The van der Waals surface area contributed by atoms with Crippen molar-refractivity contribution in [2.75, 3.05) is 0 Å². The molecule has 0 saturated heterocycles. The van der Waals surface area contributed by atoms with Crippen LogP contribution in [0.4, 0.5) is 0 Å². The maximum absolute atomic E-state index is 4.56. The van der Waals surface area contributed by atoms with E-state index >= 15 is 0 Å². The van der Waals surface area contributed by atoms with Crippen molar-refractivity contribution in [1.29, 1.82) is 0 Å². The first-order chi connectivity index (χ1) is 12.2. The zero-order chi connectivity index (χ0) is 17.0. The fourth-order valence-corrected chi connectivity index (χ4v) is 3.20. The van der Waals surface area contributed by atoms with Crippen LogP contribution in [0.15, 0.2) is 48.8 Å². The minimum Gasteiger partial charge on any atom is -0.353 e. The lowest BCUT2D eigenvalue weighted by Gasteiger charge is -2.03. The van der Waals surface area contributed by atoms with Crippen molar-refractivity contribution in [1.82, 2.24) is 29.7 Å². The molecule has 0 atom stereocenters. The summed E-state index contributed by atoms with van der Waals surface area (Å²) in [5, 5.41) is 9.79. The Morgan fingerprint density at radius 3 is 2.68 bits per heavy atom. The smallest absolute Gasteiger partial charge is 0.116 e. The minimum atomic E-state index is 0.884. The second-order valence-corrected chi connectivity index (χ2v) is 6.21. The van der Waals surface area contributed by atoms with Gasteiger partial charge in [-0.25, -0.2) is 4.98 Å². The molecule has 25 heavy (non-hydrogen) atoms. The first-order valence-corrected chi connectivity index (χ1v) is 8.11. The summed E-state index contributed by atoms with van der Waals surface area (Å²) in [5.41, 5.74) is 5.78. The van der Waals surface area contributed by atoms with Gasteiger partial charge in [0.05, 0.1) is 35.0 Å². The first-order valence-electron chi connectivity index (χ1n) is 8.11. The molecule has 0 amide bonds. The van der Waals surface area contributed by atoms with Gasteiger partial charge in [-0.1, -0.05) is 18.2 Å². The molecule has 2 N–H and O–H groups in total. The molecule has 0 aliphatic carbocycles. The third-order valence-corrected chi connectivity index (χ3v) is 4.72. The zero-order valence-corrected chi connectivity index (χ0v) is 13.9. The number of H-pyrrole nitrogens is 2. The van der Waals surface area contributed by atoms with Gasteiger partial charge >= 0.3 is 0 Å². The van der Waals surface area contributed by atoms with E-state index in [0.717, 1.165) is 45.0 Å². The van der Waals surface area contributed by atoms with E-state index in [-0.39, 0.29) is 0 Å². The van der Waals surface area contributed by atoms with Crippen LogP contribution in [0.5, 0.6) is 0 Å². The maximum Gasteiger partial charge on any atom is 0.116 e. The molecule has 6 nitrogen and oxygen atoms in total. The van der Waals surface area contributed by atoms with E-state index in [4.69, 9.17) is 0 Å². The largest absolute Gasteiger partial charge is 0.353 e. The highest BCUT2D eigenvalue weighted by molar-refractivity contribution is 5.96. The summed E-state index contributed by atoms with van der Waals surface area (Å²) in [6.07, 6.45) is 3.68. The summed E-state index contributed by atoms with van der Waals surface area (Å²) in [4.78, 5) is 12.4. The molecule has 6 heteroatoms. The molecule has 1 aromatic carbocycles. The fourth-order valence-electron chi connectivity index (χ4n) is 3.20. The number of hydrogen-bond donors (Lipinski definition) is 2. The highest BCUT2D eigenvalue weighted by atomic mass is 15.1. The number of nitrogens with zero attached hydrogens (tertiary/aromatic N) is 4.